The standard InChI is InChI=1S/C26H29N3O6/c1-17-7-8-20(33-2)19(13-17)29-15-18(14-24(29)30)25(31)27-9-11-28(12-10-27)26(32)23-16-34-21-5-3-4-6-22(21)35-23/h3-8,13,18,23H,9-12,14-16H2,1-2H3/t18-,23-/m1/s1. The Labute approximate surface area is 204 Å². The number of ether oxygens (including phenoxy) is 3. The molecule has 2 atom stereocenters. The molecule has 0 aliphatic carbocycles. The van der Waals surface area contributed by atoms with E-state index in [1.165, 1.54) is 0 Å². The lowest BCUT2D eigenvalue weighted by Crippen LogP contribution is -2.56. The summed E-state index contributed by atoms with van der Waals surface area (Å²) in [5.74, 6) is 1.12. The first-order chi connectivity index (χ1) is 16.9. The van der Waals surface area contributed by atoms with Crippen molar-refractivity contribution in [3.8, 4) is 17.2 Å². The van der Waals surface area contributed by atoms with Crippen molar-refractivity contribution in [3.05, 3.63) is 48.0 Å². The van der Waals surface area contributed by atoms with Gasteiger partial charge in [0.15, 0.2) is 11.5 Å². The van der Waals surface area contributed by atoms with Gasteiger partial charge >= 0.3 is 0 Å². The van der Waals surface area contributed by atoms with E-state index in [0.717, 1.165) is 5.56 Å². The maximum atomic E-state index is 13.2. The molecule has 184 valence electrons. The van der Waals surface area contributed by atoms with Crippen molar-refractivity contribution in [1.29, 1.82) is 0 Å². The Hall–Kier alpha value is -3.75. The van der Waals surface area contributed by atoms with Gasteiger partial charge in [0.25, 0.3) is 5.91 Å². The molecular formula is C26H29N3O6. The largest absolute Gasteiger partial charge is 0.495 e. The number of hydrogen-bond acceptors (Lipinski definition) is 6. The van der Waals surface area contributed by atoms with Gasteiger partial charge in [0.2, 0.25) is 17.9 Å². The van der Waals surface area contributed by atoms with Gasteiger partial charge in [-0.3, -0.25) is 14.4 Å². The second kappa shape index (κ2) is 9.48. The van der Waals surface area contributed by atoms with Crippen LogP contribution in [-0.2, 0) is 14.4 Å². The molecule has 2 aromatic carbocycles. The Morgan fingerprint density at radius 3 is 2.37 bits per heavy atom. The van der Waals surface area contributed by atoms with Gasteiger partial charge < -0.3 is 28.9 Å². The minimum Gasteiger partial charge on any atom is -0.495 e. The quantitative estimate of drug-likeness (QED) is 0.665. The van der Waals surface area contributed by atoms with Gasteiger partial charge in [-0.15, -0.1) is 0 Å². The average Bonchev–Trinajstić information content (AvgIpc) is 3.29. The van der Waals surface area contributed by atoms with E-state index in [9.17, 15) is 14.4 Å². The SMILES string of the molecule is COc1ccc(C)cc1N1C[C@H](C(=O)N2CCN(C(=O)[C@H]3COc4ccccc4O3)CC2)CC1=O. The molecule has 2 saturated heterocycles. The summed E-state index contributed by atoms with van der Waals surface area (Å²) in [5.41, 5.74) is 1.71. The number of nitrogens with zero attached hydrogens (tertiary/aromatic N) is 3. The van der Waals surface area contributed by atoms with Crippen LogP contribution >= 0.6 is 0 Å². The van der Waals surface area contributed by atoms with E-state index >= 15 is 0 Å². The van der Waals surface area contributed by atoms with Crippen LogP contribution in [0.3, 0.4) is 0 Å². The number of carbonyl (C=O) groups is 3. The molecule has 3 aliphatic heterocycles. The third kappa shape index (κ3) is 4.50. The number of benzene rings is 2. The van der Waals surface area contributed by atoms with Crippen LogP contribution in [0, 0.1) is 12.8 Å². The summed E-state index contributed by atoms with van der Waals surface area (Å²) in [6.45, 7) is 4.13. The summed E-state index contributed by atoms with van der Waals surface area (Å²) in [6, 6.07) is 13.0. The molecule has 0 radical (unpaired) electrons. The number of amides is 3. The van der Waals surface area contributed by atoms with Crippen molar-refractivity contribution in [2.45, 2.75) is 19.4 Å². The number of aryl methyl sites for hydroxylation is 1. The van der Waals surface area contributed by atoms with E-state index in [4.69, 9.17) is 14.2 Å². The number of anilines is 1. The maximum Gasteiger partial charge on any atom is 0.267 e. The zero-order valence-electron chi connectivity index (χ0n) is 19.9. The van der Waals surface area contributed by atoms with E-state index in [1.807, 2.05) is 43.3 Å². The Morgan fingerprint density at radius 2 is 1.66 bits per heavy atom. The molecular weight excluding hydrogens is 450 g/mol. The molecule has 35 heavy (non-hydrogen) atoms. The van der Waals surface area contributed by atoms with Crippen LogP contribution in [-0.4, -0.2) is 80.1 Å². The van der Waals surface area contributed by atoms with Crippen molar-refractivity contribution < 1.29 is 28.6 Å². The summed E-state index contributed by atoms with van der Waals surface area (Å²) < 4.78 is 16.9. The number of hydrogen-bond donors (Lipinski definition) is 0. The molecule has 0 spiro atoms. The first kappa shape index (κ1) is 23.0. The van der Waals surface area contributed by atoms with Gasteiger partial charge in [-0.2, -0.15) is 0 Å². The maximum absolute atomic E-state index is 13.2. The second-order valence-electron chi connectivity index (χ2n) is 9.10. The molecule has 0 unspecified atom stereocenters. The van der Waals surface area contributed by atoms with Crippen LogP contribution in [0.15, 0.2) is 42.5 Å². The summed E-state index contributed by atoms with van der Waals surface area (Å²) in [5, 5.41) is 0. The highest BCUT2D eigenvalue weighted by atomic mass is 16.6. The van der Waals surface area contributed by atoms with Gasteiger partial charge in [-0.25, -0.2) is 0 Å². The van der Waals surface area contributed by atoms with Crippen LogP contribution in [0.4, 0.5) is 5.69 Å². The summed E-state index contributed by atoms with van der Waals surface area (Å²) in [4.78, 5) is 44.1. The summed E-state index contributed by atoms with van der Waals surface area (Å²) >= 11 is 0. The molecule has 2 fully saturated rings. The topological polar surface area (TPSA) is 88.6 Å². The molecule has 0 aromatic heterocycles. The van der Waals surface area contributed by atoms with Crippen LogP contribution in [0.25, 0.3) is 0 Å². The molecule has 9 heteroatoms. The monoisotopic (exact) mass is 479 g/mol. The number of methoxy groups -OCH3 is 1. The normalized spacial score (nSPS) is 21.8. The third-order valence-corrected chi connectivity index (χ3v) is 6.79. The van der Waals surface area contributed by atoms with Crippen molar-refractivity contribution in [2.24, 2.45) is 5.92 Å². The number of fused-ring (bicyclic) bond motifs is 1. The molecule has 2 aromatic rings. The van der Waals surface area contributed by atoms with Crippen molar-refractivity contribution in [3.63, 3.8) is 0 Å². The third-order valence-electron chi connectivity index (χ3n) is 6.79. The van der Waals surface area contributed by atoms with E-state index in [2.05, 4.69) is 0 Å². The minimum atomic E-state index is -0.697. The lowest BCUT2D eigenvalue weighted by Gasteiger charge is -2.38. The molecule has 0 bridgehead atoms. The van der Waals surface area contributed by atoms with Crippen molar-refractivity contribution in [1.82, 2.24) is 9.80 Å². The Balaban J connectivity index is 1.17. The molecule has 9 nitrogen and oxygen atoms in total. The molecule has 0 saturated carbocycles. The van der Waals surface area contributed by atoms with E-state index < -0.39 is 12.0 Å². The zero-order chi connectivity index (χ0) is 24.5. The molecule has 0 N–H and O–H groups in total. The Morgan fingerprint density at radius 1 is 0.971 bits per heavy atom. The fraction of sp³-hybridized carbons (Fsp3) is 0.423. The summed E-state index contributed by atoms with van der Waals surface area (Å²) in [7, 11) is 1.57. The highest BCUT2D eigenvalue weighted by Crippen LogP contribution is 2.35. The smallest absolute Gasteiger partial charge is 0.267 e. The second-order valence-corrected chi connectivity index (χ2v) is 9.10. The Kier molecular flexibility index (Phi) is 6.23. The van der Waals surface area contributed by atoms with Crippen LogP contribution < -0.4 is 19.1 Å². The Bertz CT molecular complexity index is 1140. The van der Waals surface area contributed by atoms with Crippen molar-refractivity contribution in [2.75, 3.05) is 51.3 Å². The van der Waals surface area contributed by atoms with E-state index in [0.29, 0.717) is 55.7 Å². The number of carbonyl (C=O) groups excluding carboxylic acids is 3. The first-order valence-electron chi connectivity index (χ1n) is 11.9. The van der Waals surface area contributed by atoms with Gasteiger partial charge in [-0.1, -0.05) is 18.2 Å². The number of piperazine rings is 1. The fourth-order valence-corrected chi connectivity index (χ4v) is 4.87. The predicted molar refractivity (Wildman–Crippen MR) is 128 cm³/mol. The van der Waals surface area contributed by atoms with Gasteiger partial charge in [0.1, 0.15) is 12.4 Å². The first-order valence-corrected chi connectivity index (χ1v) is 11.9. The van der Waals surface area contributed by atoms with Gasteiger partial charge in [0, 0.05) is 39.1 Å². The van der Waals surface area contributed by atoms with E-state index in [1.54, 1.807) is 27.9 Å². The van der Waals surface area contributed by atoms with Crippen LogP contribution in [0.1, 0.15) is 12.0 Å². The predicted octanol–water partition coefficient (Wildman–Crippen LogP) is 1.87. The fourth-order valence-electron chi connectivity index (χ4n) is 4.87. The highest BCUT2D eigenvalue weighted by molar-refractivity contribution is 6.01. The zero-order valence-corrected chi connectivity index (χ0v) is 19.9. The number of para-hydroxylation sites is 2. The summed E-state index contributed by atoms with van der Waals surface area (Å²) in [6.07, 6.45) is -0.528. The van der Waals surface area contributed by atoms with Crippen LogP contribution in [0.2, 0.25) is 0 Å². The molecule has 5 rings (SSSR count). The van der Waals surface area contributed by atoms with Gasteiger partial charge in [-0.05, 0) is 36.8 Å². The van der Waals surface area contributed by atoms with E-state index in [-0.39, 0.29) is 30.7 Å². The molecule has 3 heterocycles. The molecule has 3 amide bonds. The lowest BCUT2D eigenvalue weighted by atomic mass is 10.1. The lowest BCUT2D eigenvalue weighted by molar-refractivity contribution is -0.147. The minimum absolute atomic E-state index is 0.0502. The highest BCUT2D eigenvalue weighted by Gasteiger charge is 2.40. The van der Waals surface area contributed by atoms with Crippen molar-refractivity contribution >= 4 is 23.4 Å². The average molecular weight is 480 g/mol. The van der Waals surface area contributed by atoms with Gasteiger partial charge in [0.05, 0.1) is 18.7 Å². The van der Waals surface area contributed by atoms with Crippen LogP contribution in [0.5, 0.6) is 17.2 Å². The molecule has 3 aliphatic rings. The number of rotatable bonds is 4.